The number of piperidine rings is 1. The fourth-order valence-corrected chi connectivity index (χ4v) is 4.05. The Hall–Kier alpha value is -2.44. The minimum atomic E-state index is -0.410. The van der Waals surface area contributed by atoms with Gasteiger partial charge in [-0.05, 0) is 68.5 Å². The van der Waals surface area contributed by atoms with E-state index < -0.39 is 5.82 Å². The summed E-state index contributed by atoms with van der Waals surface area (Å²) in [5.74, 6) is 0.634. The van der Waals surface area contributed by atoms with Crippen LogP contribution in [0.1, 0.15) is 43.7 Å². The molecule has 1 fully saturated rings. The Morgan fingerprint density at radius 1 is 1.30 bits per heavy atom. The largest absolute Gasteiger partial charge is 0.494 e. The van der Waals surface area contributed by atoms with Crippen molar-refractivity contribution >= 4 is 11.6 Å². The fourth-order valence-electron chi connectivity index (χ4n) is 4.05. The molecule has 2 aromatic carbocycles. The van der Waals surface area contributed by atoms with Crippen molar-refractivity contribution in [1.82, 2.24) is 4.90 Å². The van der Waals surface area contributed by atoms with E-state index in [4.69, 9.17) is 4.74 Å². The number of aliphatic hydroxyl groups excluding tert-OH is 1. The van der Waals surface area contributed by atoms with Crippen LogP contribution in [-0.4, -0.2) is 35.6 Å². The maximum absolute atomic E-state index is 13.7. The summed E-state index contributed by atoms with van der Waals surface area (Å²) in [6, 6.07) is 12.2. The quantitative estimate of drug-likeness (QED) is 0.641. The Bertz CT molecular complexity index is 843. The number of anilines is 1. The summed E-state index contributed by atoms with van der Waals surface area (Å²) < 4.78 is 19.2. The highest BCUT2D eigenvalue weighted by Crippen LogP contribution is 2.25. The lowest BCUT2D eigenvalue weighted by atomic mass is 9.93. The number of hydrogen-bond acceptors (Lipinski definition) is 4. The summed E-state index contributed by atoms with van der Waals surface area (Å²) in [4.78, 5) is 14.6. The molecule has 0 bridgehead atoms. The molecule has 30 heavy (non-hydrogen) atoms. The van der Waals surface area contributed by atoms with Gasteiger partial charge >= 0.3 is 0 Å². The first-order valence-electron chi connectivity index (χ1n) is 10.7. The third-order valence-corrected chi connectivity index (χ3v) is 5.53. The summed E-state index contributed by atoms with van der Waals surface area (Å²) in [6.45, 7) is 5.25. The third kappa shape index (κ3) is 6.28. The molecule has 0 aromatic heterocycles. The zero-order chi connectivity index (χ0) is 21.3. The predicted molar refractivity (Wildman–Crippen MR) is 116 cm³/mol. The first-order chi connectivity index (χ1) is 14.6. The summed E-state index contributed by atoms with van der Waals surface area (Å²) in [6.07, 6.45) is 3.39. The number of amides is 1. The number of nitrogens with zero attached hydrogens (tertiary/aromatic N) is 1. The van der Waals surface area contributed by atoms with Crippen LogP contribution in [0.25, 0.3) is 0 Å². The van der Waals surface area contributed by atoms with Gasteiger partial charge in [0.1, 0.15) is 11.6 Å². The first kappa shape index (κ1) is 22.2. The molecule has 3 rings (SSSR count). The smallest absolute Gasteiger partial charge is 0.224 e. The Kier molecular flexibility index (Phi) is 8.22. The molecule has 0 spiro atoms. The lowest BCUT2D eigenvalue weighted by Crippen LogP contribution is -2.35. The highest BCUT2D eigenvalue weighted by atomic mass is 19.1. The van der Waals surface area contributed by atoms with E-state index in [1.165, 1.54) is 6.07 Å². The maximum Gasteiger partial charge on any atom is 0.224 e. The van der Waals surface area contributed by atoms with Crippen molar-refractivity contribution in [3.63, 3.8) is 0 Å². The molecular weight excluding hydrogens is 383 g/mol. The second kappa shape index (κ2) is 11.1. The number of aliphatic hydroxyl groups is 1. The summed E-state index contributed by atoms with van der Waals surface area (Å²) in [5, 5.41) is 12.3. The van der Waals surface area contributed by atoms with E-state index in [0.29, 0.717) is 18.9 Å². The van der Waals surface area contributed by atoms with E-state index in [1.807, 2.05) is 19.1 Å². The second-order valence-electron chi connectivity index (χ2n) is 7.84. The molecule has 0 aliphatic carbocycles. The molecular formula is C24H31FN2O3. The normalized spacial score (nSPS) is 17.0. The van der Waals surface area contributed by atoms with Gasteiger partial charge in [-0.25, -0.2) is 4.39 Å². The zero-order valence-electron chi connectivity index (χ0n) is 17.6. The van der Waals surface area contributed by atoms with Gasteiger partial charge in [0.05, 0.1) is 18.9 Å². The maximum atomic E-state index is 13.7. The Morgan fingerprint density at radius 3 is 2.90 bits per heavy atom. The van der Waals surface area contributed by atoms with Crippen molar-refractivity contribution in [2.45, 2.75) is 45.8 Å². The van der Waals surface area contributed by atoms with Gasteiger partial charge in [0.2, 0.25) is 5.91 Å². The molecule has 6 heteroatoms. The van der Waals surface area contributed by atoms with Crippen LogP contribution in [0.5, 0.6) is 5.75 Å². The van der Waals surface area contributed by atoms with Gasteiger partial charge in [-0.1, -0.05) is 18.2 Å². The molecule has 2 N–H and O–H groups in total. The van der Waals surface area contributed by atoms with Crippen molar-refractivity contribution < 1.29 is 19.0 Å². The first-order valence-corrected chi connectivity index (χ1v) is 10.7. The summed E-state index contributed by atoms with van der Waals surface area (Å²) >= 11 is 0. The Morgan fingerprint density at radius 2 is 2.13 bits per heavy atom. The standard InChI is InChI=1S/C24H31FN2O3/c1-2-30-23-11-9-19(14-20(23)17-28)16-27-13-5-6-18(15-27)10-12-24(29)26-22-8-4-3-7-21(22)25/h3-4,7-9,11,14,18,28H,2,5-6,10,12-13,15-17H2,1H3,(H,26,29)/t18-/m1/s1. The molecule has 0 unspecified atom stereocenters. The van der Waals surface area contributed by atoms with Crippen LogP contribution in [0, 0.1) is 11.7 Å². The number of benzene rings is 2. The molecule has 1 atom stereocenters. The molecule has 1 aliphatic rings. The minimum Gasteiger partial charge on any atom is -0.494 e. The Labute approximate surface area is 177 Å². The van der Waals surface area contributed by atoms with Gasteiger partial charge in [0, 0.05) is 25.1 Å². The van der Waals surface area contributed by atoms with Gasteiger partial charge in [-0.15, -0.1) is 0 Å². The number of rotatable bonds is 9. The molecule has 2 aromatic rings. The Balaban J connectivity index is 1.49. The van der Waals surface area contributed by atoms with Crippen LogP contribution in [0.15, 0.2) is 42.5 Å². The van der Waals surface area contributed by atoms with Crippen molar-refractivity contribution in [1.29, 1.82) is 0 Å². The molecule has 162 valence electrons. The van der Waals surface area contributed by atoms with Crippen molar-refractivity contribution in [3.05, 3.63) is 59.4 Å². The van der Waals surface area contributed by atoms with Crippen molar-refractivity contribution in [2.24, 2.45) is 5.92 Å². The molecule has 1 saturated heterocycles. The van der Waals surface area contributed by atoms with Gasteiger partial charge in [-0.3, -0.25) is 9.69 Å². The fraction of sp³-hybridized carbons (Fsp3) is 0.458. The van der Waals surface area contributed by atoms with Crippen LogP contribution >= 0.6 is 0 Å². The SMILES string of the molecule is CCOc1ccc(CN2CCC[C@H](CCC(=O)Nc3ccccc3F)C2)cc1CO. The van der Waals surface area contributed by atoms with Crippen LogP contribution < -0.4 is 10.1 Å². The average Bonchev–Trinajstić information content (AvgIpc) is 2.75. The topological polar surface area (TPSA) is 61.8 Å². The van der Waals surface area contributed by atoms with Gasteiger partial charge in [-0.2, -0.15) is 0 Å². The number of ether oxygens (including phenoxy) is 1. The van der Waals surface area contributed by atoms with E-state index >= 15 is 0 Å². The van der Waals surface area contributed by atoms with Crippen LogP contribution in [-0.2, 0) is 17.9 Å². The average molecular weight is 415 g/mol. The summed E-state index contributed by atoms with van der Waals surface area (Å²) in [5.41, 5.74) is 2.20. The number of nitrogens with one attached hydrogen (secondary N) is 1. The van der Waals surface area contributed by atoms with Gasteiger partial charge < -0.3 is 15.2 Å². The molecule has 0 saturated carbocycles. The number of halogens is 1. The lowest BCUT2D eigenvalue weighted by molar-refractivity contribution is -0.116. The van der Waals surface area contributed by atoms with Crippen LogP contribution in [0.3, 0.4) is 0 Å². The number of carbonyl (C=O) groups excluding carboxylic acids is 1. The number of para-hydroxylation sites is 1. The number of likely N-dealkylation sites (tertiary alicyclic amines) is 1. The van der Waals surface area contributed by atoms with E-state index in [-0.39, 0.29) is 18.2 Å². The van der Waals surface area contributed by atoms with Crippen molar-refractivity contribution in [3.8, 4) is 5.75 Å². The monoisotopic (exact) mass is 414 g/mol. The van der Waals surface area contributed by atoms with Crippen LogP contribution in [0.2, 0.25) is 0 Å². The minimum absolute atomic E-state index is 0.0388. The van der Waals surface area contributed by atoms with Crippen LogP contribution in [0.4, 0.5) is 10.1 Å². The highest BCUT2D eigenvalue weighted by Gasteiger charge is 2.21. The number of hydrogen-bond donors (Lipinski definition) is 2. The van der Waals surface area contributed by atoms with E-state index in [9.17, 15) is 14.3 Å². The predicted octanol–water partition coefficient (Wildman–Crippen LogP) is 4.35. The third-order valence-electron chi connectivity index (χ3n) is 5.53. The van der Waals surface area contributed by atoms with Gasteiger partial charge in [0.25, 0.3) is 0 Å². The zero-order valence-corrected chi connectivity index (χ0v) is 17.6. The molecule has 1 aliphatic heterocycles. The molecule has 1 heterocycles. The highest BCUT2D eigenvalue weighted by molar-refractivity contribution is 5.90. The molecule has 0 radical (unpaired) electrons. The van der Waals surface area contributed by atoms with Crippen molar-refractivity contribution in [2.75, 3.05) is 25.0 Å². The second-order valence-corrected chi connectivity index (χ2v) is 7.84. The number of carbonyl (C=O) groups is 1. The molecule has 1 amide bonds. The van der Waals surface area contributed by atoms with E-state index in [2.05, 4.69) is 16.3 Å². The van der Waals surface area contributed by atoms with E-state index in [1.54, 1.807) is 18.2 Å². The van der Waals surface area contributed by atoms with Gasteiger partial charge in [0.15, 0.2) is 0 Å². The lowest BCUT2D eigenvalue weighted by Gasteiger charge is -2.33. The summed E-state index contributed by atoms with van der Waals surface area (Å²) in [7, 11) is 0. The van der Waals surface area contributed by atoms with E-state index in [0.717, 1.165) is 55.8 Å². The molecule has 5 nitrogen and oxygen atoms in total.